The van der Waals surface area contributed by atoms with Crippen molar-refractivity contribution < 1.29 is 5.11 Å². The van der Waals surface area contributed by atoms with E-state index in [-0.39, 0.29) is 17.9 Å². The standard InChI is InChI=1S/C8H13ClN4O/c1-5(2-3-14)12-7-6(10)4-11-8(9)13-7/h4-5,14H,2-3,10H2,1H3,(H,11,12,13). The molecule has 0 spiro atoms. The van der Waals surface area contributed by atoms with Gasteiger partial charge in [0.25, 0.3) is 0 Å². The number of hydrogen-bond acceptors (Lipinski definition) is 5. The highest BCUT2D eigenvalue weighted by Gasteiger charge is 2.06. The van der Waals surface area contributed by atoms with Gasteiger partial charge in [-0.2, -0.15) is 4.98 Å². The molecule has 4 N–H and O–H groups in total. The van der Waals surface area contributed by atoms with E-state index in [0.717, 1.165) is 0 Å². The summed E-state index contributed by atoms with van der Waals surface area (Å²) >= 11 is 5.61. The minimum Gasteiger partial charge on any atom is -0.396 e. The maximum absolute atomic E-state index is 8.71. The Morgan fingerprint density at radius 1 is 1.71 bits per heavy atom. The highest BCUT2D eigenvalue weighted by molar-refractivity contribution is 6.28. The summed E-state index contributed by atoms with van der Waals surface area (Å²) in [5.41, 5.74) is 6.07. The first-order valence-corrected chi connectivity index (χ1v) is 4.66. The molecular weight excluding hydrogens is 204 g/mol. The Balaban J connectivity index is 2.70. The van der Waals surface area contributed by atoms with Gasteiger partial charge in [0.05, 0.1) is 11.9 Å². The van der Waals surface area contributed by atoms with Crippen LogP contribution in [0.5, 0.6) is 0 Å². The number of nitrogens with zero attached hydrogens (tertiary/aromatic N) is 2. The van der Waals surface area contributed by atoms with Crippen LogP contribution in [0.2, 0.25) is 5.28 Å². The lowest BCUT2D eigenvalue weighted by molar-refractivity contribution is 0.282. The molecule has 0 amide bonds. The zero-order valence-corrected chi connectivity index (χ0v) is 8.62. The normalized spacial score (nSPS) is 12.5. The van der Waals surface area contributed by atoms with Crippen molar-refractivity contribution in [2.45, 2.75) is 19.4 Å². The van der Waals surface area contributed by atoms with Crippen molar-refractivity contribution in [1.82, 2.24) is 9.97 Å². The number of aromatic nitrogens is 2. The number of nitrogens with one attached hydrogen (secondary N) is 1. The minimum absolute atomic E-state index is 0.0910. The van der Waals surface area contributed by atoms with Crippen molar-refractivity contribution in [2.24, 2.45) is 0 Å². The Morgan fingerprint density at radius 3 is 3.07 bits per heavy atom. The van der Waals surface area contributed by atoms with Gasteiger partial charge in [-0.15, -0.1) is 0 Å². The largest absolute Gasteiger partial charge is 0.396 e. The van der Waals surface area contributed by atoms with Crippen molar-refractivity contribution in [3.05, 3.63) is 11.5 Å². The Kier molecular flexibility index (Phi) is 3.91. The summed E-state index contributed by atoms with van der Waals surface area (Å²) in [6.45, 7) is 2.04. The second-order valence-corrected chi connectivity index (χ2v) is 3.34. The second kappa shape index (κ2) is 4.97. The van der Waals surface area contributed by atoms with E-state index in [1.807, 2.05) is 6.92 Å². The molecule has 0 fully saturated rings. The predicted molar refractivity (Wildman–Crippen MR) is 56.2 cm³/mol. The molecule has 1 aromatic rings. The molecule has 0 aliphatic rings. The van der Waals surface area contributed by atoms with Crippen LogP contribution in [-0.2, 0) is 0 Å². The minimum atomic E-state index is 0.0910. The fraction of sp³-hybridized carbons (Fsp3) is 0.500. The molecule has 0 radical (unpaired) electrons. The van der Waals surface area contributed by atoms with Crippen molar-refractivity contribution in [3.63, 3.8) is 0 Å². The van der Waals surface area contributed by atoms with Gasteiger partial charge >= 0.3 is 0 Å². The number of rotatable bonds is 4. The number of nitrogens with two attached hydrogens (primary N) is 1. The van der Waals surface area contributed by atoms with Gasteiger partial charge in [0.1, 0.15) is 0 Å². The summed E-state index contributed by atoms with van der Waals surface area (Å²) in [4.78, 5) is 7.66. The Morgan fingerprint density at radius 2 is 2.43 bits per heavy atom. The molecule has 1 atom stereocenters. The van der Waals surface area contributed by atoms with Gasteiger partial charge in [0.2, 0.25) is 5.28 Å². The zero-order valence-electron chi connectivity index (χ0n) is 7.87. The van der Waals surface area contributed by atoms with Crippen molar-refractivity contribution in [1.29, 1.82) is 0 Å². The van der Waals surface area contributed by atoms with Crippen LogP contribution in [0.15, 0.2) is 6.20 Å². The average Bonchev–Trinajstić information content (AvgIpc) is 2.12. The third kappa shape index (κ3) is 3.01. The van der Waals surface area contributed by atoms with Crippen LogP contribution in [0.3, 0.4) is 0 Å². The first-order valence-electron chi connectivity index (χ1n) is 4.29. The smallest absolute Gasteiger partial charge is 0.224 e. The van der Waals surface area contributed by atoms with Crippen LogP contribution in [0.1, 0.15) is 13.3 Å². The SMILES string of the molecule is CC(CCO)Nc1nc(Cl)ncc1N. The lowest BCUT2D eigenvalue weighted by Gasteiger charge is -2.14. The summed E-state index contributed by atoms with van der Waals surface area (Å²) in [6, 6.07) is 0.0910. The molecule has 1 heterocycles. The van der Waals surface area contributed by atoms with Crippen molar-refractivity contribution >= 4 is 23.1 Å². The molecule has 0 aliphatic carbocycles. The van der Waals surface area contributed by atoms with Crippen LogP contribution < -0.4 is 11.1 Å². The third-order valence-electron chi connectivity index (χ3n) is 1.73. The van der Waals surface area contributed by atoms with Gasteiger partial charge in [-0.05, 0) is 24.9 Å². The van der Waals surface area contributed by atoms with Crippen LogP contribution in [0.25, 0.3) is 0 Å². The fourth-order valence-corrected chi connectivity index (χ4v) is 1.12. The highest BCUT2D eigenvalue weighted by Crippen LogP contribution is 2.17. The Bertz CT molecular complexity index is 307. The molecule has 14 heavy (non-hydrogen) atoms. The molecule has 1 aromatic heterocycles. The van der Waals surface area contributed by atoms with Gasteiger partial charge < -0.3 is 16.2 Å². The lowest BCUT2D eigenvalue weighted by atomic mass is 10.2. The van der Waals surface area contributed by atoms with Gasteiger partial charge in [0, 0.05) is 12.6 Å². The monoisotopic (exact) mass is 216 g/mol. The van der Waals surface area contributed by atoms with E-state index in [1.54, 1.807) is 0 Å². The molecule has 0 saturated heterocycles. The van der Waals surface area contributed by atoms with Gasteiger partial charge in [-0.25, -0.2) is 4.98 Å². The zero-order chi connectivity index (χ0) is 10.6. The van der Waals surface area contributed by atoms with Crippen molar-refractivity contribution in [3.8, 4) is 0 Å². The van der Waals surface area contributed by atoms with Crippen molar-refractivity contribution in [2.75, 3.05) is 17.7 Å². The first kappa shape index (κ1) is 11.0. The number of hydrogen-bond donors (Lipinski definition) is 3. The second-order valence-electron chi connectivity index (χ2n) is 3.00. The van der Waals surface area contributed by atoms with Crippen LogP contribution >= 0.6 is 11.6 Å². The molecule has 78 valence electrons. The van der Waals surface area contributed by atoms with E-state index in [2.05, 4.69) is 15.3 Å². The quantitative estimate of drug-likeness (QED) is 0.652. The molecule has 6 heteroatoms. The summed E-state index contributed by atoms with van der Waals surface area (Å²) < 4.78 is 0. The molecule has 0 aromatic carbocycles. The topological polar surface area (TPSA) is 84.1 Å². The average molecular weight is 217 g/mol. The van der Waals surface area contributed by atoms with E-state index in [1.165, 1.54) is 6.20 Å². The van der Waals surface area contributed by atoms with E-state index in [9.17, 15) is 0 Å². The molecule has 5 nitrogen and oxygen atoms in total. The number of anilines is 2. The lowest BCUT2D eigenvalue weighted by Crippen LogP contribution is -2.18. The van der Waals surface area contributed by atoms with E-state index < -0.39 is 0 Å². The fourth-order valence-electron chi connectivity index (χ4n) is 0.984. The van der Waals surface area contributed by atoms with Crippen LogP contribution in [0.4, 0.5) is 11.5 Å². The van der Waals surface area contributed by atoms with Gasteiger partial charge in [-0.1, -0.05) is 0 Å². The molecule has 0 bridgehead atoms. The van der Waals surface area contributed by atoms with Crippen LogP contribution in [0, 0.1) is 0 Å². The van der Waals surface area contributed by atoms with E-state index >= 15 is 0 Å². The Hall–Kier alpha value is -1.07. The first-order chi connectivity index (χ1) is 6.63. The Labute approximate surface area is 87.3 Å². The third-order valence-corrected chi connectivity index (χ3v) is 1.91. The molecule has 1 unspecified atom stereocenters. The summed E-state index contributed by atoms with van der Waals surface area (Å²) in [5, 5.41) is 11.9. The molecule has 0 aliphatic heterocycles. The molecular formula is C8H13ClN4O. The number of halogens is 1. The van der Waals surface area contributed by atoms with Gasteiger partial charge in [-0.3, -0.25) is 0 Å². The molecule has 1 rings (SSSR count). The van der Waals surface area contributed by atoms with E-state index in [4.69, 9.17) is 22.4 Å². The number of aliphatic hydroxyl groups is 1. The number of nitrogen functional groups attached to an aromatic ring is 1. The highest BCUT2D eigenvalue weighted by atomic mass is 35.5. The maximum Gasteiger partial charge on any atom is 0.224 e. The maximum atomic E-state index is 8.71. The molecule has 0 saturated carbocycles. The number of aliphatic hydroxyl groups excluding tert-OH is 1. The predicted octanol–water partition coefficient (Wildman–Crippen LogP) is 0.895. The summed E-state index contributed by atoms with van der Waals surface area (Å²) in [7, 11) is 0. The summed E-state index contributed by atoms with van der Waals surface area (Å²) in [6.07, 6.45) is 2.07. The van der Waals surface area contributed by atoms with Crippen LogP contribution in [-0.4, -0.2) is 27.7 Å². The summed E-state index contributed by atoms with van der Waals surface area (Å²) in [5.74, 6) is 0.506. The van der Waals surface area contributed by atoms with E-state index in [0.29, 0.717) is 17.9 Å². The van der Waals surface area contributed by atoms with Gasteiger partial charge in [0.15, 0.2) is 5.82 Å².